The van der Waals surface area contributed by atoms with Crippen molar-refractivity contribution < 1.29 is 0 Å². The molecule has 2 N–H and O–H groups in total. The maximum absolute atomic E-state index is 11.8. The van der Waals surface area contributed by atoms with Crippen molar-refractivity contribution in [1.29, 1.82) is 0 Å². The summed E-state index contributed by atoms with van der Waals surface area (Å²) in [5, 5.41) is 4.45. The van der Waals surface area contributed by atoms with E-state index in [1.807, 2.05) is 18.2 Å². The third kappa shape index (κ3) is 3.51. The number of hydrogen-bond donors (Lipinski definition) is 1. The molecule has 0 saturated heterocycles. The number of benzene rings is 1. The van der Waals surface area contributed by atoms with Crippen molar-refractivity contribution in [3.63, 3.8) is 0 Å². The van der Waals surface area contributed by atoms with E-state index in [1.54, 1.807) is 12.1 Å². The molecular weight excluding hydrogens is 262 g/mol. The molecule has 1 aromatic heterocycles. The molecule has 0 unspecified atom stereocenters. The van der Waals surface area contributed by atoms with Gasteiger partial charge in [0.05, 0.1) is 5.69 Å². The van der Waals surface area contributed by atoms with Crippen LogP contribution in [0.3, 0.4) is 0 Å². The molecule has 0 fully saturated rings. The van der Waals surface area contributed by atoms with Crippen LogP contribution in [0.25, 0.3) is 11.3 Å². The Balaban J connectivity index is 2.43. The van der Waals surface area contributed by atoms with Crippen LogP contribution < -0.4 is 11.3 Å². The smallest absolute Gasteiger partial charge is 0.266 e. The lowest BCUT2D eigenvalue weighted by molar-refractivity contribution is 0.465. The first-order valence-corrected chi connectivity index (χ1v) is 7.36. The molecule has 0 spiro atoms. The molecule has 0 bridgehead atoms. The minimum atomic E-state index is -0.0702. The lowest BCUT2D eigenvalue weighted by Crippen LogP contribution is -2.24. The Morgan fingerprint density at radius 1 is 1.14 bits per heavy atom. The maximum atomic E-state index is 11.8. The topological polar surface area (TPSA) is 60.9 Å². The van der Waals surface area contributed by atoms with Crippen LogP contribution in [0.1, 0.15) is 39.2 Å². The second-order valence-electron chi connectivity index (χ2n) is 6.13. The summed E-state index contributed by atoms with van der Waals surface area (Å²) >= 11 is 0. The van der Waals surface area contributed by atoms with Crippen molar-refractivity contribution >= 4 is 5.69 Å². The highest BCUT2D eigenvalue weighted by Crippen LogP contribution is 2.26. The Morgan fingerprint density at radius 2 is 1.86 bits per heavy atom. The van der Waals surface area contributed by atoms with E-state index in [9.17, 15) is 4.79 Å². The number of nitrogen functional groups attached to an aromatic ring is 1. The van der Waals surface area contributed by atoms with Crippen LogP contribution in [0, 0.1) is 5.92 Å². The molecule has 1 aromatic carbocycles. The van der Waals surface area contributed by atoms with E-state index >= 15 is 0 Å². The highest BCUT2D eigenvalue weighted by molar-refractivity contribution is 5.66. The first-order chi connectivity index (χ1) is 9.88. The van der Waals surface area contributed by atoms with Crippen molar-refractivity contribution in [3.8, 4) is 11.3 Å². The molecule has 0 aliphatic rings. The fraction of sp³-hybridized carbons (Fsp3) is 0.412. The third-order valence-corrected chi connectivity index (χ3v) is 3.41. The average molecular weight is 285 g/mol. The highest BCUT2D eigenvalue weighted by atomic mass is 16.1. The van der Waals surface area contributed by atoms with Crippen LogP contribution in [-0.4, -0.2) is 9.78 Å². The molecule has 0 saturated carbocycles. The highest BCUT2D eigenvalue weighted by Gasteiger charge is 2.09. The van der Waals surface area contributed by atoms with Gasteiger partial charge in [-0.1, -0.05) is 39.8 Å². The Bertz CT molecular complexity index is 687. The summed E-state index contributed by atoms with van der Waals surface area (Å²) in [6.45, 7) is 8.98. The Morgan fingerprint density at radius 3 is 2.43 bits per heavy atom. The molecule has 0 radical (unpaired) electrons. The quantitative estimate of drug-likeness (QED) is 0.877. The SMILES string of the molecule is CC(C)Cn1nc(-c2ccc(C(C)C)c(N)c2)ccc1=O. The molecule has 4 nitrogen and oxygen atoms in total. The molecule has 21 heavy (non-hydrogen) atoms. The summed E-state index contributed by atoms with van der Waals surface area (Å²) in [4.78, 5) is 11.8. The number of nitrogens with two attached hydrogens (primary N) is 1. The van der Waals surface area contributed by atoms with Crippen molar-refractivity contribution in [2.75, 3.05) is 5.73 Å². The van der Waals surface area contributed by atoms with Gasteiger partial charge in [0, 0.05) is 23.9 Å². The molecular formula is C17H23N3O. The summed E-state index contributed by atoms with van der Waals surface area (Å²) in [5.41, 5.74) is 9.66. The number of rotatable bonds is 4. The molecule has 0 atom stereocenters. The average Bonchev–Trinajstić information content (AvgIpc) is 2.40. The lowest BCUT2D eigenvalue weighted by Gasteiger charge is -2.12. The van der Waals surface area contributed by atoms with E-state index < -0.39 is 0 Å². The van der Waals surface area contributed by atoms with Crippen LogP contribution in [0.15, 0.2) is 35.1 Å². The zero-order valence-corrected chi connectivity index (χ0v) is 13.1. The van der Waals surface area contributed by atoms with Gasteiger partial charge in [-0.25, -0.2) is 4.68 Å². The normalized spacial score (nSPS) is 11.3. The Kier molecular flexibility index (Phi) is 4.46. The van der Waals surface area contributed by atoms with E-state index in [0.717, 1.165) is 22.5 Å². The summed E-state index contributed by atoms with van der Waals surface area (Å²) in [5.74, 6) is 0.765. The standard InChI is InChI=1S/C17H23N3O/c1-11(2)10-20-17(21)8-7-16(19-20)13-5-6-14(12(3)4)15(18)9-13/h5-9,11-12H,10,18H2,1-4H3. The Hall–Kier alpha value is -2.10. The zero-order valence-electron chi connectivity index (χ0n) is 13.1. The van der Waals surface area contributed by atoms with Gasteiger partial charge in [-0.15, -0.1) is 0 Å². The lowest BCUT2D eigenvalue weighted by atomic mass is 9.98. The van der Waals surface area contributed by atoms with Gasteiger partial charge < -0.3 is 5.73 Å². The van der Waals surface area contributed by atoms with Gasteiger partial charge in [0.1, 0.15) is 0 Å². The van der Waals surface area contributed by atoms with Gasteiger partial charge >= 0.3 is 0 Å². The van der Waals surface area contributed by atoms with Crippen molar-refractivity contribution in [2.24, 2.45) is 5.92 Å². The van der Waals surface area contributed by atoms with Gasteiger partial charge in [-0.3, -0.25) is 4.79 Å². The van der Waals surface area contributed by atoms with Crippen molar-refractivity contribution in [2.45, 2.75) is 40.2 Å². The molecule has 4 heteroatoms. The summed E-state index contributed by atoms with van der Waals surface area (Å²) in [6, 6.07) is 9.30. The first-order valence-electron chi connectivity index (χ1n) is 7.36. The van der Waals surface area contributed by atoms with Gasteiger partial charge in [0.25, 0.3) is 5.56 Å². The number of aromatic nitrogens is 2. The van der Waals surface area contributed by atoms with Crippen LogP contribution in [0.5, 0.6) is 0 Å². The second kappa shape index (κ2) is 6.12. The van der Waals surface area contributed by atoms with E-state index in [-0.39, 0.29) is 5.56 Å². The fourth-order valence-corrected chi connectivity index (χ4v) is 2.34. The minimum Gasteiger partial charge on any atom is -0.398 e. The van der Waals surface area contributed by atoms with Gasteiger partial charge in [0.2, 0.25) is 0 Å². The predicted molar refractivity (Wildman–Crippen MR) is 87.3 cm³/mol. The molecule has 112 valence electrons. The minimum absolute atomic E-state index is 0.0702. The van der Waals surface area contributed by atoms with Gasteiger partial charge in [-0.05, 0) is 29.5 Å². The molecule has 2 aromatic rings. The molecule has 0 aliphatic carbocycles. The predicted octanol–water partition coefficient (Wildman–Crippen LogP) is 3.27. The van der Waals surface area contributed by atoms with E-state index in [2.05, 4.69) is 32.8 Å². The largest absolute Gasteiger partial charge is 0.398 e. The molecule has 0 amide bonds. The summed E-state index contributed by atoms with van der Waals surface area (Å²) < 4.78 is 1.52. The van der Waals surface area contributed by atoms with E-state index in [1.165, 1.54) is 4.68 Å². The monoisotopic (exact) mass is 285 g/mol. The third-order valence-electron chi connectivity index (χ3n) is 3.41. The zero-order chi connectivity index (χ0) is 15.6. The fourth-order valence-electron chi connectivity index (χ4n) is 2.34. The van der Waals surface area contributed by atoms with Crippen LogP contribution in [0.4, 0.5) is 5.69 Å². The first kappa shape index (κ1) is 15.3. The second-order valence-corrected chi connectivity index (χ2v) is 6.13. The van der Waals surface area contributed by atoms with Crippen LogP contribution in [0.2, 0.25) is 0 Å². The molecule has 2 rings (SSSR count). The number of hydrogen-bond acceptors (Lipinski definition) is 3. The van der Waals surface area contributed by atoms with E-state index in [0.29, 0.717) is 18.4 Å². The summed E-state index contributed by atoms with van der Waals surface area (Å²) in [7, 11) is 0. The van der Waals surface area contributed by atoms with Gasteiger partial charge in [0.15, 0.2) is 0 Å². The maximum Gasteiger partial charge on any atom is 0.266 e. The molecule has 1 heterocycles. The summed E-state index contributed by atoms with van der Waals surface area (Å²) in [6.07, 6.45) is 0. The van der Waals surface area contributed by atoms with Gasteiger partial charge in [-0.2, -0.15) is 5.10 Å². The van der Waals surface area contributed by atoms with Crippen LogP contribution in [-0.2, 0) is 6.54 Å². The molecule has 0 aliphatic heterocycles. The van der Waals surface area contributed by atoms with Crippen molar-refractivity contribution in [1.82, 2.24) is 9.78 Å². The van der Waals surface area contributed by atoms with Crippen molar-refractivity contribution in [3.05, 3.63) is 46.2 Å². The number of nitrogens with zero attached hydrogens (tertiary/aromatic N) is 2. The Labute approximate surface area is 125 Å². The van der Waals surface area contributed by atoms with Crippen LogP contribution >= 0.6 is 0 Å². The van der Waals surface area contributed by atoms with E-state index in [4.69, 9.17) is 5.73 Å². The number of anilines is 1.